The first kappa shape index (κ1) is 7.44. The zero-order valence-corrected chi connectivity index (χ0v) is 7.06. The van der Waals surface area contributed by atoms with Crippen LogP contribution in [0.2, 0.25) is 0 Å². The van der Waals surface area contributed by atoms with Crippen molar-refractivity contribution in [3.8, 4) is 0 Å². The summed E-state index contributed by atoms with van der Waals surface area (Å²) in [7, 11) is 0. The van der Waals surface area contributed by atoms with Gasteiger partial charge in [-0.25, -0.2) is 5.84 Å². The molecule has 0 spiro atoms. The highest BCUT2D eigenvalue weighted by molar-refractivity contribution is 7.71. The van der Waals surface area contributed by atoms with Crippen LogP contribution < -0.4 is 16.6 Å². The van der Waals surface area contributed by atoms with Gasteiger partial charge in [0.1, 0.15) is 0 Å². The lowest BCUT2D eigenvalue weighted by atomic mass is 10.7. The molecule has 64 valence electrons. The van der Waals surface area contributed by atoms with Crippen LogP contribution in [0.1, 0.15) is 0 Å². The molecular weight excluding hydrogens is 176 g/mol. The highest BCUT2D eigenvalue weighted by atomic mass is 32.1. The first-order valence-electron chi connectivity index (χ1n) is 3.50. The average Bonchev–Trinajstić information content (AvgIpc) is 2.52. The van der Waals surface area contributed by atoms with E-state index in [1.165, 1.54) is 0 Å². The maximum Gasteiger partial charge on any atom is 0.243 e. The van der Waals surface area contributed by atoms with Crippen LogP contribution in [0.3, 0.4) is 0 Å². The highest BCUT2D eigenvalue weighted by Gasteiger charge is 2.11. The van der Waals surface area contributed by atoms with Crippen molar-refractivity contribution in [2.24, 2.45) is 5.84 Å². The van der Waals surface area contributed by atoms with Gasteiger partial charge in [0.05, 0.1) is 0 Å². The fraction of sp³-hybridized carbons (Fsp3) is 0.400. The number of nitrogens with one attached hydrogen (secondary N) is 2. The monoisotopic (exact) mass is 184 g/mol. The zero-order valence-electron chi connectivity index (χ0n) is 6.24. The third kappa shape index (κ3) is 1.03. The van der Waals surface area contributed by atoms with Gasteiger partial charge in [0, 0.05) is 13.1 Å². The predicted octanol–water partition coefficient (Wildman–Crippen LogP) is -0.281. The normalized spacial score (nSPS) is 13.8. The van der Waals surface area contributed by atoms with Crippen molar-refractivity contribution in [1.82, 2.24) is 14.5 Å². The summed E-state index contributed by atoms with van der Waals surface area (Å²) >= 11 is 5.01. The van der Waals surface area contributed by atoms with Crippen LogP contribution in [0.15, 0.2) is 0 Å². The topological polar surface area (TPSA) is 80.8 Å². The van der Waals surface area contributed by atoms with E-state index < -0.39 is 0 Å². The molecule has 12 heavy (non-hydrogen) atoms. The first-order valence-corrected chi connectivity index (χ1v) is 3.91. The Morgan fingerprint density at radius 3 is 3.17 bits per heavy atom. The summed E-state index contributed by atoms with van der Waals surface area (Å²) in [6, 6.07) is 0. The lowest BCUT2D eigenvalue weighted by molar-refractivity contribution is 0.751. The summed E-state index contributed by atoms with van der Waals surface area (Å²) in [6.45, 7) is 1.66. The van der Waals surface area contributed by atoms with Gasteiger partial charge in [0.25, 0.3) is 0 Å². The van der Waals surface area contributed by atoms with E-state index in [1.807, 2.05) is 4.57 Å². The summed E-state index contributed by atoms with van der Waals surface area (Å²) in [6.07, 6.45) is 0. The molecule has 2 heterocycles. The number of nitrogen functional groups attached to an aromatic ring is 1. The van der Waals surface area contributed by atoms with Gasteiger partial charge in [-0.15, -0.1) is 0 Å². The Kier molecular flexibility index (Phi) is 1.66. The minimum atomic E-state index is 0.348. The molecule has 1 aromatic rings. The third-order valence-corrected chi connectivity index (χ3v) is 1.96. The molecule has 0 saturated carbocycles. The van der Waals surface area contributed by atoms with Crippen LogP contribution in [-0.2, 0) is 6.54 Å². The molecule has 1 aromatic heterocycles. The van der Waals surface area contributed by atoms with Gasteiger partial charge in [-0.05, 0) is 12.2 Å². The Morgan fingerprint density at radius 2 is 2.42 bits per heavy atom. The SMILES string of the molecule is NNc1nc2n(c(=S)n1)CCN2. The summed E-state index contributed by atoms with van der Waals surface area (Å²) < 4.78 is 2.33. The molecule has 0 unspecified atom stereocenters. The third-order valence-electron chi connectivity index (χ3n) is 1.65. The predicted molar refractivity (Wildman–Crippen MR) is 47.2 cm³/mol. The second-order valence-electron chi connectivity index (χ2n) is 2.38. The van der Waals surface area contributed by atoms with Gasteiger partial charge in [-0.2, -0.15) is 9.97 Å². The molecule has 1 aliphatic rings. The lowest BCUT2D eigenvalue weighted by Crippen LogP contribution is -2.13. The van der Waals surface area contributed by atoms with Gasteiger partial charge < -0.3 is 5.32 Å². The number of nitrogens with two attached hydrogens (primary N) is 1. The molecule has 2 rings (SSSR count). The van der Waals surface area contributed by atoms with E-state index in [1.54, 1.807) is 0 Å². The fourth-order valence-corrected chi connectivity index (χ4v) is 1.37. The Bertz CT molecular complexity index is 357. The molecule has 0 amide bonds. The van der Waals surface area contributed by atoms with Crippen molar-refractivity contribution in [2.75, 3.05) is 17.3 Å². The van der Waals surface area contributed by atoms with Gasteiger partial charge in [-0.1, -0.05) is 0 Å². The van der Waals surface area contributed by atoms with Crippen molar-refractivity contribution in [3.05, 3.63) is 4.77 Å². The van der Waals surface area contributed by atoms with Gasteiger partial charge in [-0.3, -0.25) is 9.99 Å². The van der Waals surface area contributed by atoms with Gasteiger partial charge in [0.2, 0.25) is 16.7 Å². The zero-order chi connectivity index (χ0) is 8.55. The Labute approximate surface area is 73.8 Å². The molecule has 0 atom stereocenters. The molecule has 4 N–H and O–H groups in total. The Balaban J connectivity index is 2.59. The molecular formula is C5H8N6S. The Hall–Kier alpha value is -1.21. The van der Waals surface area contributed by atoms with Crippen molar-refractivity contribution in [3.63, 3.8) is 0 Å². The molecule has 1 aliphatic heterocycles. The second kappa shape index (κ2) is 2.68. The minimum absolute atomic E-state index is 0.348. The van der Waals surface area contributed by atoms with Crippen LogP contribution in [0.4, 0.5) is 11.9 Å². The summed E-state index contributed by atoms with van der Waals surface area (Å²) in [5.74, 6) is 6.23. The number of hydrogen-bond acceptors (Lipinski definition) is 6. The summed E-state index contributed by atoms with van der Waals surface area (Å²) in [4.78, 5) is 8.02. The number of aromatic nitrogens is 3. The molecule has 0 saturated heterocycles. The second-order valence-corrected chi connectivity index (χ2v) is 2.74. The van der Waals surface area contributed by atoms with Crippen molar-refractivity contribution in [1.29, 1.82) is 0 Å². The number of hydrogen-bond donors (Lipinski definition) is 3. The van der Waals surface area contributed by atoms with Crippen LogP contribution in [0, 0.1) is 4.77 Å². The van der Waals surface area contributed by atoms with Crippen molar-refractivity contribution >= 4 is 24.1 Å². The van der Waals surface area contributed by atoms with Gasteiger partial charge in [0.15, 0.2) is 0 Å². The van der Waals surface area contributed by atoms with Crippen LogP contribution >= 0.6 is 12.2 Å². The highest BCUT2D eigenvalue weighted by Crippen LogP contribution is 2.12. The average molecular weight is 184 g/mol. The molecule has 0 fully saturated rings. The fourth-order valence-electron chi connectivity index (χ4n) is 1.11. The van der Waals surface area contributed by atoms with E-state index >= 15 is 0 Å². The van der Waals surface area contributed by atoms with Crippen LogP contribution in [0.5, 0.6) is 0 Å². The van der Waals surface area contributed by atoms with Crippen molar-refractivity contribution in [2.45, 2.75) is 6.54 Å². The van der Waals surface area contributed by atoms with E-state index in [0.717, 1.165) is 19.0 Å². The maximum atomic E-state index is 5.15. The molecule has 0 aromatic carbocycles. The molecule has 7 heteroatoms. The van der Waals surface area contributed by atoms with Crippen LogP contribution in [0.25, 0.3) is 0 Å². The number of fused-ring (bicyclic) bond motifs is 1. The van der Waals surface area contributed by atoms with E-state index in [0.29, 0.717) is 10.7 Å². The molecule has 0 bridgehead atoms. The minimum Gasteiger partial charge on any atom is -0.354 e. The molecule has 0 aliphatic carbocycles. The first-order chi connectivity index (χ1) is 5.81. The number of nitrogens with zero attached hydrogens (tertiary/aromatic N) is 3. The lowest BCUT2D eigenvalue weighted by Gasteiger charge is -2.03. The summed E-state index contributed by atoms with van der Waals surface area (Å²) in [5.41, 5.74) is 2.36. The quantitative estimate of drug-likeness (QED) is 0.316. The van der Waals surface area contributed by atoms with E-state index in [2.05, 4.69) is 20.7 Å². The number of hydrazine groups is 1. The summed E-state index contributed by atoms with van der Waals surface area (Å²) in [5, 5.41) is 3.07. The largest absolute Gasteiger partial charge is 0.354 e. The van der Waals surface area contributed by atoms with Crippen LogP contribution in [-0.4, -0.2) is 21.1 Å². The van der Waals surface area contributed by atoms with Crippen molar-refractivity contribution < 1.29 is 0 Å². The van der Waals surface area contributed by atoms with Gasteiger partial charge >= 0.3 is 0 Å². The smallest absolute Gasteiger partial charge is 0.243 e. The standard InChI is InChI=1S/C5H8N6S/c6-10-3-8-4-7-1-2-11(4)5(12)9-3/h1-2,6H2,(H2,7,8,9,10,12). The van der Waals surface area contributed by atoms with E-state index in [4.69, 9.17) is 18.1 Å². The Morgan fingerprint density at radius 1 is 1.58 bits per heavy atom. The maximum absolute atomic E-state index is 5.15. The van der Waals surface area contributed by atoms with E-state index in [9.17, 15) is 0 Å². The number of rotatable bonds is 1. The molecule has 0 radical (unpaired) electrons. The van der Waals surface area contributed by atoms with E-state index in [-0.39, 0.29) is 0 Å². The molecule has 6 nitrogen and oxygen atoms in total. The number of anilines is 2.